The van der Waals surface area contributed by atoms with Crippen molar-refractivity contribution in [2.45, 2.75) is 33.6 Å². The second kappa shape index (κ2) is 8.69. The van der Waals surface area contributed by atoms with E-state index in [1.165, 1.54) is 0 Å². The summed E-state index contributed by atoms with van der Waals surface area (Å²) in [6.07, 6.45) is 3.59. The van der Waals surface area contributed by atoms with Crippen LogP contribution in [0.1, 0.15) is 32.8 Å². The summed E-state index contributed by atoms with van der Waals surface area (Å²) < 4.78 is 5.30. The molecule has 18 heavy (non-hydrogen) atoms. The topological polar surface area (TPSA) is 59.1 Å². The van der Waals surface area contributed by atoms with Crippen LogP contribution in [-0.4, -0.2) is 36.3 Å². The fraction of sp³-hybridized carbons (Fsp3) is 0.692. The van der Waals surface area contributed by atoms with E-state index in [0.29, 0.717) is 6.61 Å². The molecule has 0 fully saturated rings. The smallest absolute Gasteiger partial charge is 0.134 e. The van der Waals surface area contributed by atoms with Crippen LogP contribution >= 0.6 is 0 Å². The zero-order chi connectivity index (χ0) is 13.2. The molecular formula is C13H24N4O. The monoisotopic (exact) mass is 252 g/mol. The van der Waals surface area contributed by atoms with E-state index in [4.69, 9.17) is 4.74 Å². The van der Waals surface area contributed by atoms with E-state index in [0.717, 1.165) is 49.7 Å². The van der Waals surface area contributed by atoms with E-state index in [2.05, 4.69) is 34.4 Å². The number of hydrogen-bond donors (Lipinski definition) is 2. The lowest BCUT2D eigenvalue weighted by Gasteiger charge is -2.14. The summed E-state index contributed by atoms with van der Waals surface area (Å²) in [5.74, 6) is 1.85. The lowest BCUT2D eigenvalue weighted by Crippen LogP contribution is -2.14. The second-order valence-electron chi connectivity index (χ2n) is 3.95. The van der Waals surface area contributed by atoms with Gasteiger partial charge >= 0.3 is 0 Å². The third-order valence-electron chi connectivity index (χ3n) is 2.58. The number of ether oxygens (including phenoxy) is 1. The largest absolute Gasteiger partial charge is 0.380 e. The standard InChI is InChI=1S/C13H24N4O/c1-4-7-14-12-11(5-2)13(17-10-16-12)15-8-9-18-6-3/h10H,4-9H2,1-3H3,(H2,14,15,16,17). The molecule has 0 saturated carbocycles. The molecule has 1 heterocycles. The van der Waals surface area contributed by atoms with Crippen LogP contribution in [0.5, 0.6) is 0 Å². The molecule has 1 aromatic heterocycles. The molecule has 0 bridgehead atoms. The molecule has 0 aliphatic carbocycles. The van der Waals surface area contributed by atoms with Crippen molar-refractivity contribution in [3.8, 4) is 0 Å². The molecule has 0 spiro atoms. The summed E-state index contributed by atoms with van der Waals surface area (Å²) in [6.45, 7) is 9.39. The Morgan fingerprint density at radius 1 is 1.06 bits per heavy atom. The van der Waals surface area contributed by atoms with Gasteiger partial charge in [-0.1, -0.05) is 13.8 Å². The van der Waals surface area contributed by atoms with Gasteiger partial charge in [0.1, 0.15) is 18.0 Å². The van der Waals surface area contributed by atoms with Crippen molar-refractivity contribution in [1.29, 1.82) is 0 Å². The lowest BCUT2D eigenvalue weighted by molar-refractivity contribution is 0.158. The Kier molecular flexibility index (Phi) is 7.10. The third kappa shape index (κ3) is 4.49. The highest BCUT2D eigenvalue weighted by Crippen LogP contribution is 2.20. The molecular weight excluding hydrogens is 228 g/mol. The van der Waals surface area contributed by atoms with E-state index in [-0.39, 0.29) is 0 Å². The average molecular weight is 252 g/mol. The summed E-state index contributed by atoms with van der Waals surface area (Å²) >= 11 is 0. The molecule has 0 atom stereocenters. The van der Waals surface area contributed by atoms with Crippen LogP contribution < -0.4 is 10.6 Å². The second-order valence-corrected chi connectivity index (χ2v) is 3.95. The highest BCUT2D eigenvalue weighted by Gasteiger charge is 2.08. The van der Waals surface area contributed by atoms with Gasteiger partial charge in [0.25, 0.3) is 0 Å². The van der Waals surface area contributed by atoms with Crippen LogP contribution in [0.2, 0.25) is 0 Å². The van der Waals surface area contributed by atoms with E-state index in [1.54, 1.807) is 6.33 Å². The molecule has 102 valence electrons. The van der Waals surface area contributed by atoms with Gasteiger partial charge in [-0.2, -0.15) is 0 Å². The summed E-state index contributed by atoms with van der Waals surface area (Å²) in [5.41, 5.74) is 1.14. The van der Waals surface area contributed by atoms with Crippen LogP contribution in [0, 0.1) is 0 Å². The number of nitrogens with one attached hydrogen (secondary N) is 2. The first-order chi connectivity index (χ1) is 8.83. The molecule has 1 rings (SSSR count). The van der Waals surface area contributed by atoms with Gasteiger partial charge < -0.3 is 15.4 Å². The van der Waals surface area contributed by atoms with Crippen LogP contribution in [0.3, 0.4) is 0 Å². The fourth-order valence-corrected chi connectivity index (χ4v) is 1.68. The molecule has 5 nitrogen and oxygen atoms in total. The number of aromatic nitrogens is 2. The first-order valence-electron chi connectivity index (χ1n) is 6.72. The molecule has 0 aliphatic heterocycles. The van der Waals surface area contributed by atoms with Gasteiger partial charge in [0.15, 0.2) is 0 Å². The van der Waals surface area contributed by atoms with Gasteiger partial charge in [0, 0.05) is 25.3 Å². The van der Waals surface area contributed by atoms with Crippen molar-refractivity contribution in [1.82, 2.24) is 9.97 Å². The quantitative estimate of drug-likeness (QED) is 0.660. The SMILES string of the molecule is CCCNc1ncnc(NCCOCC)c1CC. The van der Waals surface area contributed by atoms with Gasteiger partial charge in [-0.15, -0.1) is 0 Å². The number of rotatable bonds is 9. The molecule has 0 radical (unpaired) electrons. The van der Waals surface area contributed by atoms with Crippen LogP contribution in [0.15, 0.2) is 6.33 Å². The summed E-state index contributed by atoms with van der Waals surface area (Å²) in [5, 5.41) is 6.63. The Balaban J connectivity index is 2.65. The maximum atomic E-state index is 5.30. The fourth-order valence-electron chi connectivity index (χ4n) is 1.68. The molecule has 0 amide bonds. The lowest BCUT2D eigenvalue weighted by atomic mass is 10.2. The molecule has 5 heteroatoms. The Labute approximate surface area is 109 Å². The van der Waals surface area contributed by atoms with E-state index >= 15 is 0 Å². The van der Waals surface area contributed by atoms with E-state index in [9.17, 15) is 0 Å². The minimum Gasteiger partial charge on any atom is -0.380 e. The first-order valence-corrected chi connectivity index (χ1v) is 6.72. The Morgan fingerprint density at radius 2 is 1.72 bits per heavy atom. The van der Waals surface area contributed by atoms with Gasteiger partial charge in [-0.3, -0.25) is 0 Å². The van der Waals surface area contributed by atoms with Crippen LogP contribution in [-0.2, 0) is 11.2 Å². The van der Waals surface area contributed by atoms with Crippen molar-refractivity contribution < 1.29 is 4.74 Å². The summed E-state index contributed by atoms with van der Waals surface area (Å²) in [4.78, 5) is 8.60. The average Bonchev–Trinajstić information content (AvgIpc) is 2.41. The molecule has 0 aliphatic rings. The zero-order valence-corrected chi connectivity index (χ0v) is 11.6. The normalized spacial score (nSPS) is 10.4. The van der Waals surface area contributed by atoms with Crippen molar-refractivity contribution in [2.24, 2.45) is 0 Å². The third-order valence-corrected chi connectivity index (χ3v) is 2.58. The van der Waals surface area contributed by atoms with Crippen LogP contribution in [0.25, 0.3) is 0 Å². The Hall–Kier alpha value is -1.36. The van der Waals surface area contributed by atoms with E-state index < -0.39 is 0 Å². The van der Waals surface area contributed by atoms with Gasteiger partial charge in [-0.05, 0) is 19.8 Å². The van der Waals surface area contributed by atoms with Crippen molar-refractivity contribution in [3.63, 3.8) is 0 Å². The molecule has 2 N–H and O–H groups in total. The van der Waals surface area contributed by atoms with Crippen molar-refractivity contribution in [3.05, 3.63) is 11.9 Å². The first kappa shape index (κ1) is 14.7. The predicted molar refractivity (Wildman–Crippen MR) is 75.2 cm³/mol. The summed E-state index contributed by atoms with van der Waals surface area (Å²) in [7, 11) is 0. The molecule has 1 aromatic rings. The van der Waals surface area contributed by atoms with Crippen LogP contribution in [0.4, 0.5) is 11.6 Å². The van der Waals surface area contributed by atoms with Gasteiger partial charge in [0.05, 0.1) is 6.61 Å². The highest BCUT2D eigenvalue weighted by molar-refractivity contribution is 5.57. The maximum Gasteiger partial charge on any atom is 0.134 e. The maximum absolute atomic E-state index is 5.30. The van der Waals surface area contributed by atoms with Crippen molar-refractivity contribution in [2.75, 3.05) is 36.9 Å². The minimum absolute atomic E-state index is 0.696. The summed E-state index contributed by atoms with van der Waals surface area (Å²) in [6, 6.07) is 0. The van der Waals surface area contributed by atoms with Gasteiger partial charge in [-0.25, -0.2) is 9.97 Å². The molecule has 0 unspecified atom stereocenters. The molecule has 0 saturated heterocycles. The van der Waals surface area contributed by atoms with E-state index in [1.807, 2.05) is 6.92 Å². The Morgan fingerprint density at radius 3 is 2.28 bits per heavy atom. The molecule has 0 aromatic carbocycles. The zero-order valence-electron chi connectivity index (χ0n) is 11.6. The predicted octanol–water partition coefficient (Wildman–Crippen LogP) is 2.31. The minimum atomic E-state index is 0.696. The highest BCUT2D eigenvalue weighted by atomic mass is 16.5. The Bertz CT molecular complexity index is 344. The van der Waals surface area contributed by atoms with Gasteiger partial charge in [0.2, 0.25) is 0 Å². The van der Waals surface area contributed by atoms with Crippen molar-refractivity contribution >= 4 is 11.6 Å². The number of anilines is 2. The number of nitrogens with zero attached hydrogens (tertiary/aromatic N) is 2. The number of hydrogen-bond acceptors (Lipinski definition) is 5.